The normalized spacial score (nSPS) is 18.5. The summed E-state index contributed by atoms with van der Waals surface area (Å²) in [6.45, 7) is 0. The molecule has 0 fully saturated rings. The number of pyridine rings is 1. The maximum atomic E-state index is 11.9. The molecular formula is C11H10N2O4. The number of carbonyl (C=O) groups excluding carboxylic acids is 2. The molecule has 17 heavy (non-hydrogen) atoms. The van der Waals surface area contributed by atoms with Gasteiger partial charge in [0.2, 0.25) is 0 Å². The molecule has 0 radical (unpaired) electrons. The molecule has 1 amide bonds. The number of aliphatic carboxylic acids is 1. The van der Waals surface area contributed by atoms with Crippen molar-refractivity contribution in [3.8, 4) is 0 Å². The quantitative estimate of drug-likeness (QED) is 0.780. The summed E-state index contributed by atoms with van der Waals surface area (Å²) in [5.41, 5.74) is 0.357. The van der Waals surface area contributed by atoms with Gasteiger partial charge in [0.25, 0.3) is 5.91 Å². The first-order valence-electron chi connectivity index (χ1n) is 5.11. The summed E-state index contributed by atoms with van der Waals surface area (Å²) >= 11 is 0. The molecule has 2 N–H and O–H groups in total. The molecule has 88 valence electrons. The van der Waals surface area contributed by atoms with Crippen LogP contribution < -0.4 is 5.32 Å². The van der Waals surface area contributed by atoms with Crippen molar-refractivity contribution in [2.45, 2.75) is 18.9 Å². The number of carbonyl (C=O) groups is 3. The average Bonchev–Trinajstić information content (AvgIpc) is 2.32. The van der Waals surface area contributed by atoms with Gasteiger partial charge in [-0.2, -0.15) is 0 Å². The van der Waals surface area contributed by atoms with E-state index in [1.165, 1.54) is 12.3 Å². The number of rotatable bonds is 3. The molecule has 1 aliphatic rings. The summed E-state index contributed by atoms with van der Waals surface area (Å²) in [4.78, 5) is 37.8. The third-order valence-corrected chi connectivity index (χ3v) is 2.56. The van der Waals surface area contributed by atoms with E-state index in [1.807, 2.05) is 0 Å². The Balaban J connectivity index is 2.24. The van der Waals surface area contributed by atoms with Crippen LogP contribution in [0.3, 0.4) is 0 Å². The third-order valence-electron chi connectivity index (χ3n) is 2.56. The molecule has 0 aliphatic carbocycles. The van der Waals surface area contributed by atoms with Crippen molar-refractivity contribution in [1.82, 2.24) is 10.3 Å². The average molecular weight is 234 g/mol. The largest absolute Gasteiger partial charge is 0.481 e. The molecule has 0 spiro atoms. The van der Waals surface area contributed by atoms with Gasteiger partial charge in [0.05, 0.1) is 11.6 Å². The number of nitrogens with one attached hydrogen (secondary N) is 1. The van der Waals surface area contributed by atoms with Crippen molar-refractivity contribution in [2.75, 3.05) is 0 Å². The first kappa shape index (κ1) is 11.3. The number of aromatic nitrogens is 1. The van der Waals surface area contributed by atoms with E-state index in [0.717, 1.165) is 0 Å². The molecule has 6 heteroatoms. The first-order valence-corrected chi connectivity index (χ1v) is 5.11. The lowest BCUT2D eigenvalue weighted by molar-refractivity contribution is -0.137. The van der Waals surface area contributed by atoms with Crippen LogP contribution in [0.2, 0.25) is 0 Å². The first-order chi connectivity index (χ1) is 8.09. The summed E-state index contributed by atoms with van der Waals surface area (Å²) < 4.78 is 0. The zero-order chi connectivity index (χ0) is 12.4. The van der Waals surface area contributed by atoms with Crippen LogP contribution in [-0.2, 0) is 4.79 Å². The summed E-state index contributed by atoms with van der Waals surface area (Å²) in [6.07, 6.45) is 1.36. The minimum Gasteiger partial charge on any atom is -0.481 e. The number of hydrogen-bond acceptors (Lipinski definition) is 4. The van der Waals surface area contributed by atoms with Crippen molar-refractivity contribution in [2.24, 2.45) is 0 Å². The van der Waals surface area contributed by atoms with Crippen LogP contribution in [0.25, 0.3) is 0 Å². The Kier molecular flexibility index (Phi) is 2.86. The van der Waals surface area contributed by atoms with Crippen LogP contribution in [0.15, 0.2) is 18.3 Å². The highest BCUT2D eigenvalue weighted by molar-refractivity contribution is 6.14. The highest BCUT2D eigenvalue weighted by Gasteiger charge is 2.32. The second-order valence-electron chi connectivity index (χ2n) is 3.72. The van der Waals surface area contributed by atoms with Gasteiger partial charge in [-0.15, -0.1) is 0 Å². The molecule has 0 bridgehead atoms. The number of ketones is 1. The number of fused-ring (bicyclic) bond motifs is 1. The molecule has 1 aromatic rings. The van der Waals surface area contributed by atoms with E-state index in [-0.39, 0.29) is 29.9 Å². The smallest absolute Gasteiger partial charge is 0.303 e. The molecule has 1 atom stereocenters. The van der Waals surface area contributed by atoms with Gasteiger partial charge in [-0.3, -0.25) is 19.4 Å². The van der Waals surface area contributed by atoms with Gasteiger partial charge < -0.3 is 10.4 Å². The topological polar surface area (TPSA) is 96.4 Å². The van der Waals surface area contributed by atoms with Gasteiger partial charge in [-0.25, -0.2) is 0 Å². The summed E-state index contributed by atoms with van der Waals surface area (Å²) in [5, 5.41) is 11.0. The second-order valence-corrected chi connectivity index (χ2v) is 3.72. The monoisotopic (exact) mass is 234 g/mol. The molecule has 0 saturated heterocycles. The molecule has 6 nitrogen and oxygen atoms in total. The van der Waals surface area contributed by atoms with E-state index in [4.69, 9.17) is 5.11 Å². The highest BCUT2D eigenvalue weighted by Crippen LogP contribution is 2.16. The van der Waals surface area contributed by atoms with Crippen LogP contribution in [-0.4, -0.2) is 33.8 Å². The Hall–Kier alpha value is -2.24. The third kappa shape index (κ3) is 2.15. The SMILES string of the molecule is O=C(O)CCC1NC(=O)c2ncccc2C1=O. The molecule has 0 aromatic carbocycles. The van der Waals surface area contributed by atoms with E-state index >= 15 is 0 Å². The zero-order valence-corrected chi connectivity index (χ0v) is 8.84. The Morgan fingerprint density at radius 3 is 2.94 bits per heavy atom. The summed E-state index contributed by atoms with van der Waals surface area (Å²) in [5.74, 6) is -1.71. The van der Waals surface area contributed by atoms with E-state index < -0.39 is 17.9 Å². The number of nitrogens with zero attached hydrogens (tertiary/aromatic N) is 1. The number of amides is 1. The minimum absolute atomic E-state index is 0.0915. The molecule has 1 unspecified atom stereocenters. The van der Waals surface area contributed by atoms with Gasteiger partial charge in [0.1, 0.15) is 5.69 Å². The van der Waals surface area contributed by atoms with Crippen molar-refractivity contribution in [1.29, 1.82) is 0 Å². The van der Waals surface area contributed by atoms with Crippen molar-refractivity contribution < 1.29 is 19.5 Å². The lowest BCUT2D eigenvalue weighted by Gasteiger charge is -2.22. The van der Waals surface area contributed by atoms with Crippen LogP contribution in [0, 0.1) is 0 Å². The fourth-order valence-corrected chi connectivity index (χ4v) is 1.74. The maximum Gasteiger partial charge on any atom is 0.303 e. The zero-order valence-electron chi connectivity index (χ0n) is 8.84. The molecule has 2 rings (SSSR count). The fourth-order valence-electron chi connectivity index (χ4n) is 1.74. The van der Waals surface area contributed by atoms with Crippen molar-refractivity contribution in [3.63, 3.8) is 0 Å². The van der Waals surface area contributed by atoms with Gasteiger partial charge >= 0.3 is 5.97 Å². The lowest BCUT2D eigenvalue weighted by atomic mass is 9.95. The Morgan fingerprint density at radius 2 is 2.24 bits per heavy atom. The molecule has 1 aliphatic heterocycles. The Bertz CT molecular complexity index is 498. The maximum absolute atomic E-state index is 11.9. The highest BCUT2D eigenvalue weighted by atomic mass is 16.4. The molecule has 1 aromatic heterocycles. The van der Waals surface area contributed by atoms with Gasteiger partial charge in [-0.05, 0) is 18.6 Å². The Labute approximate surface area is 96.7 Å². The standard InChI is InChI=1S/C11H10N2O4/c14-8(15)4-3-7-10(16)6-2-1-5-12-9(6)11(17)13-7/h1-2,5,7H,3-4H2,(H,13,17)(H,14,15). The van der Waals surface area contributed by atoms with Crippen molar-refractivity contribution >= 4 is 17.7 Å². The number of hydrogen-bond donors (Lipinski definition) is 2. The molecule has 2 heterocycles. The predicted molar refractivity (Wildman–Crippen MR) is 56.7 cm³/mol. The van der Waals surface area contributed by atoms with E-state index in [1.54, 1.807) is 6.07 Å². The van der Waals surface area contributed by atoms with Gasteiger partial charge in [0.15, 0.2) is 5.78 Å². The Morgan fingerprint density at radius 1 is 1.47 bits per heavy atom. The van der Waals surface area contributed by atoms with Gasteiger partial charge in [0, 0.05) is 12.6 Å². The predicted octanol–water partition coefficient (Wildman–Crippen LogP) is 0.241. The lowest BCUT2D eigenvalue weighted by Crippen LogP contribution is -2.46. The van der Waals surface area contributed by atoms with Crippen LogP contribution in [0.4, 0.5) is 0 Å². The van der Waals surface area contributed by atoms with Crippen LogP contribution in [0.5, 0.6) is 0 Å². The van der Waals surface area contributed by atoms with E-state index in [2.05, 4.69) is 10.3 Å². The van der Waals surface area contributed by atoms with Crippen LogP contribution >= 0.6 is 0 Å². The fraction of sp³-hybridized carbons (Fsp3) is 0.273. The van der Waals surface area contributed by atoms with Gasteiger partial charge in [-0.1, -0.05) is 0 Å². The molecule has 0 saturated carbocycles. The molecular weight excluding hydrogens is 224 g/mol. The number of carboxylic acids is 1. The van der Waals surface area contributed by atoms with Crippen molar-refractivity contribution in [3.05, 3.63) is 29.6 Å². The second kappa shape index (κ2) is 4.32. The summed E-state index contributed by atoms with van der Waals surface area (Å²) in [6, 6.07) is 2.33. The summed E-state index contributed by atoms with van der Waals surface area (Å²) in [7, 11) is 0. The number of carboxylic acid groups (broad SMARTS) is 1. The minimum atomic E-state index is -0.996. The van der Waals surface area contributed by atoms with E-state index in [9.17, 15) is 14.4 Å². The van der Waals surface area contributed by atoms with Crippen LogP contribution in [0.1, 0.15) is 33.7 Å². The van der Waals surface area contributed by atoms with E-state index in [0.29, 0.717) is 0 Å². The number of Topliss-reactive ketones (excluding diaryl/α,β-unsaturated/α-hetero) is 1.